The summed E-state index contributed by atoms with van der Waals surface area (Å²) in [5, 5.41) is 7.94. The van der Waals surface area contributed by atoms with Crippen molar-refractivity contribution in [1.82, 2.24) is 20.5 Å². The maximum Gasteiger partial charge on any atom is 0.369 e. The Balaban J connectivity index is 1.78. The highest BCUT2D eigenvalue weighted by Crippen LogP contribution is 2.36. The van der Waals surface area contributed by atoms with E-state index in [1.165, 1.54) is 19.1 Å². The summed E-state index contributed by atoms with van der Waals surface area (Å²) >= 11 is 0. The Morgan fingerprint density at radius 1 is 1.14 bits per heavy atom. The number of aromatic nitrogens is 1. The Bertz CT molecular complexity index is 1200. The van der Waals surface area contributed by atoms with Crippen LogP contribution in [0, 0.1) is 24.0 Å². The van der Waals surface area contributed by atoms with Gasteiger partial charge in [-0.15, -0.1) is 0 Å². The van der Waals surface area contributed by atoms with Crippen LogP contribution in [0.2, 0.25) is 0 Å². The van der Waals surface area contributed by atoms with Gasteiger partial charge in [-0.25, -0.2) is 13.8 Å². The molecule has 3 rings (SSSR count). The van der Waals surface area contributed by atoms with Crippen LogP contribution in [0.5, 0.6) is 0 Å². The van der Waals surface area contributed by atoms with E-state index >= 15 is 8.78 Å². The standard InChI is InChI=1S/C25H29F4N5O3/c1-14-11-15(5-6-16(14)26)31-22(36)18-8-7-17(27)21(32-18)25(28,29)23(37)34-10-9-19(24(2,3)13-34)33-20(35)12-30-4/h5-8,11,19,30H,9-10,12-13H2,1-4H3,(H,31,36)(H,33,35). The minimum atomic E-state index is -4.36. The lowest BCUT2D eigenvalue weighted by Crippen LogP contribution is -2.59. The fourth-order valence-corrected chi connectivity index (χ4v) is 4.21. The molecule has 1 atom stereocenters. The van der Waals surface area contributed by atoms with Crippen molar-refractivity contribution in [3.63, 3.8) is 0 Å². The minimum absolute atomic E-state index is 0.0862. The van der Waals surface area contributed by atoms with Crippen LogP contribution in [-0.4, -0.2) is 60.3 Å². The number of nitrogens with one attached hydrogen (secondary N) is 3. The smallest absolute Gasteiger partial charge is 0.352 e. The summed E-state index contributed by atoms with van der Waals surface area (Å²) in [6.45, 7) is 4.83. The number of alkyl halides is 2. The highest BCUT2D eigenvalue weighted by molar-refractivity contribution is 6.03. The molecule has 0 bridgehead atoms. The number of amides is 3. The molecular weight excluding hydrogens is 494 g/mol. The van der Waals surface area contributed by atoms with Gasteiger partial charge in [0.2, 0.25) is 5.91 Å². The molecule has 1 aliphatic heterocycles. The number of rotatable bonds is 7. The number of benzene rings is 1. The molecule has 2 heterocycles. The van der Waals surface area contributed by atoms with Gasteiger partial charge in [0.05, 0.1) is 6.54 Å². The van der Waals surface area contributed by atoms with Gasteiger partial charge in [-0.2, -0.15) is 8.78 Å². The molecule has 0 spiro atoms. The Labute approximate surface area is 211 Å². The molecule has 1 aromatic heterocycles. The van der Waals surface area contributed by atoms with E-state index in [1.807, 2.05) is 0 Å². The Morgan fingerprint density at radius 2 is 1.81 bits per heavy atom. The van der Waals surface area contributed by atoms with Gasteiger partial charge < -0.3 is 20.9 Å². The number of piperidine rings is 1. The molecule has 1 aromatic carbocycles. The van der Waals surface area contributed by atoms with Gasteiger partial charge in [-0.3, -0.25) is 14.4 Å². The number of halogens is 4. The summed E-state index contributed by atoms with van der Waals surface area (Å²) in [4.78, 5) is 41.8. The molecule has 3 amide bonds. The zero-order valence-electron chi connectivity index (χ0n) is 20.9. The van der Waals surface area contributed by atoms with E-state index in [-0.39, 0.29) is 49.3 Å². The van der Waals surface area contributed by atoms with Gasteiger partial charge >= 0.3 is 5.92 Å². The van der Waals surface area contributed by atoms with Gasteiger partial charge in [-0.1, -0.05) is 13.8 Å². The molecule has 37 heavy (non-hydrogen) atoms. The lowest BCUT2D eigenvalue weighted by Gasteiger charge is -2.45. The van der Waals surface area contributed by atoms with Crippen LogP contribution < -0.4 is 16.0 Å². The number of pyridine rings is 1. The number of hydrogen-bond acceptors (Lipinski definition) is 5. The maximum absolute atomic E-state index is 15.3. The number of nitrogens with zero attached hydrogens (tertiary/aromatic N) is 2. The second-order valence-electron chi connectivity index (χ2n) is 9.67. The predicted octanol–water partition coefficient (Wildman–Crippen LogP) is 2.98. The zero-order chi connectivity index (χ0) is 27.5. The van der Waals surface area contributed by atoms with Crippen LogP contribution in [0.25, 0.3) is 0 Å². The summed E-state index contributed by atoms with van der Waals surface area (Å²) in [6.07, 6.45) is 0.222. The summed E-state index contributed by atoms with van der Waals surface area (Å²) < 4.78 is 58.5. The molecule has 3 N–H and O–H groups in total. The van der Waals surface area contributed by atoms with Crippen LogP contribution >= 0.6 is 0 Å². The largest absolute Gasteiger partial charge is 0.369 e. The first kappa shape index (κ1) is 28.0. The summed E-state index contributed by atoms with van der Waals surface area (Å²) in [6, 6.07) is 4.92. The highest BCUT2D eigenvalue weighted by Gasteiger charge is 2.50. The van der Waals surface area contributed by atoms with Crippen molar-refractivity contribution < 1.29 is 31.9 Å². The van der Waals surface area contributed by atoms with E-state index < -0.39 is 46.2 Å². The first-order valence-corrected chi connectivity index (χ1v) is 11.6. The Hall–Kier alpha value is -3.54. The lowest BCUT2D eigenvalue weighted by atomic mass is 9.78. The van der Waals surface area contributed by atoms with Crippen molar-refractivity contribution in [2.24, 2.45) is 5.41 Å². The fourth-order valence-electron chi connectivity index (χ4n) is 4.21. The van der Waals surface area contributed by atoms with Crippen LogP contribution in [0.15, 0.2) is 30.3 Å². The molecule has 12 heteroatoms. The second-order valence-corrected chi connectivity index (χ2v) is 9.67. The number of carbonyl (C=O) groups excluding carboxylic acids is 3. The zero-order valence-corrected chi connectivity index (χ0v) is 20.9. The number of hydrogen-bond donors (Lipinski definition) is 3. The molecule has 1 unspecified atom stereocenters. The van der Waals surface area contributed by atoms with E-state index in [4.69, 9.17) is 0 Å². The quantitative estimate of drug-likeness (QED) is 0.485. The van der Waals surface area contributed by atoms with Crippen molar-refractivity contribution in [2.45, 2.75) is 39.2 Å². The van der Waals surface area contributed by atoms with E-state index in [9.17, 15) is 23.2 Å². The van der Waals surface area contributed by atoms with E-state index in [2.05, 4.69) is 20.9 Å². The lowest BCUT2D eigenvalue weighted by molar-refractivity contribution is -0.164. The van der Waals surface area contributed by atoms with Crippen LogP contribution in [-0.2, 0) is 15.5 Å². The molecule has 1 aliphatic rings. The van der Waals surface area contributed by atoms with Crippen molar-refractivity contribution in [3.8, 4) is 0 Å². The average molecular weight is 524 g/mol. The normalized spacial score (nSPS) is 17.3. The van der Waals surface area contributed by atoms with E-state index in [1.54, 1.807) is 20.9 Å². The molecule has 0 radical (unpaired) electrons. The number of aryl methyl sites for hydroxylation is 1. The third kappa shape index (κ3) is 6.24. The Kier molecular flexibility index (Phi) is 8.21. The average Bonchev–Trinajstić information content (AvgIpc) is 2.82. The molecule has 0 aliphatic carbocycles. The monoisotopic (exact) mass is 523 g/mol. The number of anilines is 1. The highest BCUT2D eigenvalue weighted by atomic mass is 19.3. The van der Waals surface area contributed by atoms with Crippen molar-refractivity contribution in [2.75, 3.05) is 32.0 Å². The van der Waals surface area contributed by atoms with Crippen molar-refractivity contribution >= 4 is 23.4 Å². The van der Waals surface area contributed by atoms with E-state index in [0.717, 1.165) is 17.0 Å². The van der Waals surface area contributed by atoms with Gasteiger partial charge in [-0.05, 0) is 56.3 Å². The topological polar surface area (TPSA) is 103 Å². The fraction of sp³-hybridized carbons (Fsp3) is 0.440. The summed E-state index contributed by atoms with van der Waals surface area (Å²) in [5.41, 5.74) is -2.32. The van der Waals surface area contributed by atoms with E-state index in [0.29, 0.717) is 6.07 Å². The SMILES string of the molecule is CNCC(=O)NC1CCN(C(=O)C(F)(F)c2nc(C(=O)Nc3ccc(F)c(C)c3)ccc2F)CC1(C)C. The van der Waals surface area contributed by atoms with Crippen LogP contribution in [0.3, 0.4) is 0 Å². The molecule has 200 valence electrons. The second kappa shape index (κ2) is 10.8. The third-order valence-corrected chi connectivity index (χ3v) is 6.25. The van der Waals surface area contributed by atoms with Gasteiger partial charge in [0.25, 0.3) is 11.8 Å². The first-order valence-electron chi connectivity index (χ1n) is 11.6. The number of likely N-dealkylation sites (N-methyl/N-ethyl adjacent to an activating group) is 1. The first-order chi connectivity index (χ1) is 17.3. The molecule has 1 fully saturated rings. The maximum atomic E-state index is 15.3. The van der Waals surface area contributed by atoms with Crippen LogP contribution in [0.4, 0.5) is 23.2 Å². The van der Waals surface area contributed by atoms with Gasteiger partial charge in [0.1, 0.15) is 11.5 Å². The predicted molar refractivity (Wildman–Crippen MR) is 128 cm³/mol. The molecule has 0 saturated carbocycles. The van der Waals surface area contributed by atoms with Crippen molar-refractivity contribution in [3.05, 3.63) is 58.9 Å². The Morgan fingerprint density at radius 3 is 2.43 bits per heavy atom. The number of likely N-dealkylation sites (tertiary alicyclic amines) is 1. The van der Waals surface area contributed by atoms with Crippen molar-refractivity contribution in [1.29, 1.82) is 0 Å². The number of carbonyl (C=O) groups is 3. The summed E-state index contributed by atoms with van der Waals surface area (Å²) in [7, 11) is 1.61. The third-order valence-electron chi connectivity index (χ3n) is 6.25. The minimum Gasteiger partial charge on any atom is -0.352 e. The molecule has 2 aromatic rings. The molecule has 8 nitrogen and oxygen atoms in total. The molecule has 1 saturated heterocycles. The summed E-state index contributed by atoms with van der Waals surface area (Å²) in [5.74, 6) is -9.14. The van der Waals surface area contributed by atoms with Gasteiger partial charge in [0, 0.05) is 30.2 Å². The molecular formula is C25H29F4N5O3. The van der Waals surface area contributed by atoms with Gasteiger partial charge in [0.15, 0.2) is 11.5 Å². The van der Waals surface area contributed by atoms with Crippen LogP contribution in [0.1, 0.15) is 42.0 Å².